The molecule has 0 aliphatic carbocycles. The van der Waals surface area contributed by atoms with E-state index in [1.807, 2.05) is 7.05 Å². The lowest BCUT2D eigenvalue weighted by atomic mass is 10.1. The Morgan fingerprint density at radius 3 is 2.73 bits per heavy atom. The zero-order valence-corrected chi connectivity index (χ0v) is 10.5. The van der Waals surface area contributed by atoms with Crippen molar-refractivity contribution in [3.8, 4) is 0 Å². The minimum absolute atomic E-state index is 0.513. The number of allylic oxidation sites excluding steroid dienone is 2. The summed E-state index contributed by atoms with van der Waals surface area (Å²) in [5, 5.41) is 3.25. The molecule has 88 valence electrons. The van der Waals surface area contributed by atoms with Gasteiger partial charge in [0.15, 0.2) is 0 Å². The summed E-state index contributed by atoms with van der Waals surface area (Å²) in [5.41, 5.74) is 1.35. The number of hydrogen-bond donors (Lipinski definition) is 1. The minimum atomic E-state index is 0.513. The van der Waals surface area contributed by atoms with Crippen molar-refractivity contribution in [1.29, 1.82) is 0 Å². The molecule has 0 aromatic carbocycles. The summed E-state index contributed by atoms with van der Waals surface area (Å²) in [4.78, 5) is 0. The largest absolute Gasteiger partial charge is 0.381 e. The fourth-order valence-corrected chi connectivity index (χ4v) is 1.27. The van der Waals surface area contributed by atoms with Crippen molar-refractivity contribution in [2.45, 2.75) is 39.2 Å². The first-order valence-electron chi connectivity index (χ1n) is 5.76. The van der Waals surface area contributed by atoms with Crippen LogP contribution in [0.25, 0.3) is 0 Å². The molecule has 2 nitrogen and oxygen atoms in total. The fourth-order valence-electron chi connectivity index (χ4n) is 1.27. The van der Waals surface area contributed by atoms with Gasteiger partial charge in [-0.15, -0.1) is 0 Å². The van der Waals surface area contributed by atoms with Gasteiger partial charge in [0.1, 0.15) is 0 Å². The van der Waals surface area contributed by atoms with E-state index in [9.17, 15) is 0 Å². The summed E-state index contributed by atoms with van der Waals surface area (Å²) in [6.07, 6.45) is 10.0. The zero-order chi connectivity index (χ0) is 11.5. The van der Waals surface area contributed by atoms with Crippen molar-refractivity contribution in [2.75, 3.05) is 20.8 Å². The van der Waals surface area contributed by atoms with Gasteiger partial charge in [-0.25, -0.2) is 0 Å². The number of methoxy groups -OCH3 is 1. The van der Waals surface area contributed by atoms with E-state index < -0.39 is 0 Å². The lowest BCUT2D eigenvalue weighted by Crippen LogP contribution is -2.21. The van der Waals surface area contributed by atoms with Gasteiger partial charge in [0.2, 0.25) is 0 Å². The van der Waals surface area contributed by atoms with Gasteiger partial charge in [-0.3, -0.25) is 0 Å². The molecule has 0 spiro atoms. The summed E-state index contributed by atoms with van der Waals surface area (Å²) in [6.45, 7) is 5.08. The summed E-state index contributed by atoms with van der Waals surface area (Å²) in [7, 11) is 3.72. The van der Waals surface area contributed by atoms with Crippen LogP contribution < -0.4 is 5.32 Å². The van der Waals surface area contributed by atoms with E-state index in [1.165, 1.54) is 12.0 Å². The van der Waals surface area contributed by atoms with E-state index in [0.717, 1.165) is 12.8 Å². The van der Waals surface area contributed by atoms with E-state index in [2.05, 4.69) is 37.4 Å². The van der Waals surface area contributed by atoms with Gasteiger partial charge in [0.25, 0.3) is 0 Å². The van der Waals surface area contributed by atoms with Crippen LogP contribution in [0.15, 0.2) is 23.8 Å². The lowest BCUT2D eigenvalue weighted by Gasteiger charge is -2.10. The molecule has 0 bridgehead atoms. The molecular weight excluding hydrogens is 186 g/mol. The molecule has 0 aliphatic rings. The van der Waals surface area contributed by atoms with Crippen molar-refractivity contribution in [3.05, 3.63) is 23.8 Å². The maximum Gasteiger partial charge on any atom is 0.0649 e. The van der Waals surface area contributed by atoms with E-state index in [0.29, 0.717) is 12.6 Å². The van der Waals surface area contributed by atoms with Gasteiger partial charge < -0.3 is 10.1 Å². The molecule has 0 fully saturated rings. The van der Waals surface area contributed by atoms with Gasteiger partial charge in [-0.2, -0.15) is 0 Å². The number of rotatable bonds is 8. The smallest absolute Gasteiger partial charge is 0.0649 e. The van der Waals surface area contributed by atoms with Crippen molar-refractivity contribution in [2.24, 2.45) is 0 Å². The Hall–Kier alpha value is -0.600. The van der Waals surface area contributed by atoms with Crippen LogP contribution in [-0.2, 0) is 4.74 Å². The first-order valence-corrected chi connectivity index (χ1v) is 5.76. The van der Waals surface area contributed by atoms with E-state index in [1.54, 1.807) is 7.11 Å². The monoisotopic (exact) mass is 211 g/mol. The van der Waals surface area contributed by atoms with Gasteiger partial charge >= 0.3 is 0 Å². The first-order chi connectivity index (χ1) is 7.24. The van der Waals surface area contributed by atoms with E-state index >= 15 is 0 Å². The molecule has 0 amide bonds. The van der Waals surface area contributed by atoms with Crippen LogP contribution >= 0.6 is 0 Å². The molecule has 0 saturated heterocycles. The van der Waals surface area contributed by atoms with Crippen LogP contribution in [0.2, 0.25) is 0 Å². The Balaban J connectivity index is 4.17. The quantitative estimate of drug-likeness (QED) is 0.623. The molecule has 15 heavy (non-hydrogen) atoms. The fraction of sp³-hybridized carbons (Fsp3) is 0.692. The van der Waals surface area contributed by atoms with Crippen molar-refractivity contribution >= 4 is 0 Å². The molecule has 2 heteroatoms. The molecular formula is C13H25NO. The second kappa shape index (κ2) is 9.94. The molecule has 0 aromatic heterocycles. The lowest BCUT2D eigenvalue weighted by molar-refractivity contribution is 0.233. The Morgan fingerprint density at radius 2 is 2.20 bits per heavy atom. The third-order valence-corrected chi connectivity index (χ3v) is 2.33. The third kappa shape index (κ3) is 8.40. The second-order valence-corrected chi connectivity index (χ2v) is 3.82. The number of hydrogen-bond acceptors (Lipinski definition) is 2. The molecule has 1 N–H and O–H groups in total. The number of unbranched alkanes of at least 4 members (excludes halogenated alkanes) is 1. The van der Waals surface area contributed by atoms with Crippen LogP contribution in [-0.4, -0.2) is 26.8 Å². The van der Waals surface area contributed by atoms with Crippen molar-refractivity contribution < 1.29 is 4.74 Å². The maximum atomic E-state index is 5.06. The van der Waals surface area contributed by atoms with Gasteiger partial charge in [0, 0.05) is 13.2 Å². The molecule has 0 saturated carbocycles. The molecule has 0 rings (SSSR count). The Kier molecular flexibility index (Phi) is 9.54. The highest BCUT2D eigenvalue weighted by Crippen LogP contribution is 2.08. The maximum absolute atomic E-state index is 5.06. The van der Waals surface area contributed by atoms with Crippen LogP contribution in [0.5, 0.6) is 0 Å². The van der Waals surface area contributed by atoms with Gasteiger partial charge in [-0.1, -0.05) is 31.6 Å². The van der Waals surface area contributed by atoms with Crippen LogP contribution in [0, 0.1) is 0 Å². The van der Waals surface area contributed by atoms with Crippen LogP contribution in [0.4, 0.5) is 0 Å². The average Bonchev–Trinajstić information content (AvgIpc) is 2.25. The second-order valence-electron chi connectivity index (χ2n) is 3.82. The average molecular weight is 211 g/mol. The van der Waals surface area contributed by atoms with Gasteiger partial charge in [-0.05, 0) is 32.4 Å². The van der Waals surface area contributed by atoms with E-state index in [-0.39, 0.29) is 0 Å². The normalized spacial score (nSPS) is 14.8. The molecule has 0 radical (unpaired) electrons. The number of ether oxygens (including phenoxy) is 1. The van der Waals surface area contributed by atoms with Crippen LogP contribution in [0.3, 0.4) is 0 Å². The highest BCUT2D eigenvalue weighted by atomic mass is 16.5. The molecule has 1 atom stereocenters. The molecule has 1 unspecified atom stereocenters. The van der Waals surface area contributed by atoms with E-state index in [4.69, 9.17) is 4.74 Å². The van der Waals surface area contributed by atoms with Crippen molar-refractivity contribution in [3.63, 3.8) is 0 Å². The third-order valence-electron chi connectivity index (χ3n) is 2.33. The highest BCUT2D eigenvalue weighted by molar-refractivity contribution is 5.19. The summed E-state index contributed by atoms with van der Waals surface area (Å²) < 4.78 is 5.06. The predicted molar refractivity (Wildman–Crippen MR) is 67.1 cm³/mol. The minimum Gasteiger partial charge on any atom is -0.381 e. The predicted octanol–water partition coefficient (Wildman–Crippen LogP) is 2.91. The standard InChI is InChI=1S/C13H25NO/c1-5-6-7-8-13(9-10-15-4)11-12(2)14-3/h7-9,12,14H,5-6,10-11H2,1-4H3/b8-7?,13-9+. The summed E-state index contributed by atoms with van der Waals surface area (Å²) in [5.74, 6) is 0. The Labute approximate surface area is 94.4 Å². The first kappa shape index (κ1) is 14.4. The number of nitrogens with one attached hydrogen (secondary N) is 1. The summed E-state index contributed by atoms with van der Waals surface area (Å²) >= 11 is 0. The Morgan fingerprint density at radius 1 is 1.47 bits per heavy atom. The highest BCUT2D eigenvalue weighted by Gasteiger charge is 2.00. The molecule has 0 heterocycles. The SMILES string of the molecule is CCCC=C/C(=C\COC)CC(C)NC. The Bertz CT molecular complexity index is 197. The topological polar surface area (TPSA) is 21.3 Å². The zero-order valence-electron chi connectivity index (χ0n) is 10.5. The molecule has 0 aliphatic heterocycles. The van der Waals surface area contributed by atoms with Crippen molar-refractivity contribution in [1.82, 2.24) is 5.32 Å². The molecule has 0 aromatic rings. The van der Waals surface area contributed by atoms with Crippen LogP contribution in [0.1, 0.15) is 33.1 Å². The van der Waals surface area contributed by atoms with Gasteiger partial charge in [0.05, 0.1) is 6.61 Å². The summed E-state index contributed by atoms with van der Waals surface area (Å²) in [6, 6.07) is 0.513.